The van der Waals surface area contributed by atoms with Crippen molar-refractivity contribution >= 4 is 11.6 Å². The third-order valence-corrected chi connectivity index (χ3v) is 2.05. The molecule has 0 atom stereocenters. The first kappa shape index (κ1) is 11.7. The first-order valence-corrected chi connectivity index (χ1v) is 5.05. The first-order chi connectivity index (χ1) is 6.99. The lowest BCUT2D eigenvalue weighted by Gasteiger charge is -2.07. The van der Waals surface area contributed by atoms with Crippen molar-refractivity contribution in [2.45, 2.75) is 27.2 Å². The number of hydrogen-bond acceptors (Lipinski definition) is 1. The van der Waals surface area contributed by atoms with Crippen LogP contribution in [0.2, 0.25) is 0 Å². The fourth-order valence-electron chi connectivity index (χ4n) is 1.25. The topological polar surface area (TPSA) is 29.1 Å². The van der Waals surface area contributed by atoms with Gasteiger partial charge in [-0.3, -0.25) is 4.79 Å². The summed E-state index contributed by atoms with van der Waals surface area (Å²) in [4.78, 5) is 11.4. The molecule has 1 aromatic rings. The number of rotatable bonds is 3. The molecule has 15 heavy (non-hydrogen) atoms. The van der Waals surface area contributed by atoms with Crippen LogP contribution in [-0.4, -0.2) is 5.91 Å². The second-order valence-electron chi connectivity index (χ2n) is 4.11. The summed E-state index contributed by atoms with van der Waals surface area (Å²) in [7, 11) is 0. The molecule has 3 heteroatoms. The quantitative estimate of drug-likeness (QED) is 0.814. The number of hydrogen-bond donors (Lipinski definition) is 1. The maximum Gasteiger partial charge on any atom is 0.224 e. The van der Waals surface area contributed by atoms with Crippen molar-refractivity contribution in [3.63, 3.8) is 0 Å². The van der Waals surface area contributed by atoms with Crippen molar-refractivity contribution < 1.29 is 9.18 Å². The fourth-order valence-corrected chi connectivity index (χ4v) is 1.25. The number of anilines is 1. The number of nitrogens with one attached hydrogen (secondary N) is 1. The predicted octanol–water partition coefficient (Wildman–Crippen LogP) is 3.12. The SMILES string of the molecule is Cc1ccc(NC(=O)CC(C)C)cc1F. The molecule has 82 valence electrons. The van der Waals surface area contributed by atoms with Gasteiger partial charge in [-0.25, -0.2) is 4.39 Å². The molecule has 0 bridgehead atoms. The number of benzene rings is 1. The molecule has 0 radical (unpaired) electrons. The highest BCUT2D eigenvalue weighted by atomic mass is 19.1. The minimum Gasteiger partial charge on any atom is -0.326 e. The monoisotopic (exact) mass is 209 g/mol. The molecular weight excluding hydrogens is 193 g/mol. The molecule has 0 saturated heterocycles. The van der Waals surface area contributed by atoms with Crippen LogP contribution in [0, 0.1) is 18.7 Å². The highest BCUT2D eigenvalue weighted by molar-refractivity contribution is 5.90. The van der Waals surface area contributed by atoms with Crippen LogP contribution in [0.5, 0.6) is 0 Å². The molecule has 0 fully saturated rings. The second kappa shape index (κ2) is 4.91. The molecule has 0 saturated carbocycles. The summed E-state index contributed by atoms with van der Waals surface area (Å²) in [6.07, 6.45) is 0.454. The summed E-state index contributed by atoms with van der Waals surface area (Å²) in [5, 5.41) is 2.66. The number of aryl methyl sites for hydroxylation is 1. The zero-order chi connectivity index (χ0) is 11.4. The van der Waals surface area contributed by atoms with Gasteiger partial charge < -0.3 is 5.32 Å². The number of carbonyl (C=O) groups is 1. The van der Waals surface area contributed by atoms with Crippen molar-refractivity contribution in [3.8, 4) is 0 Å². The Morgan fingerprint density at radius 2 is 2.13 bits per heavy atom. The highest BCUT2D eigenvalue weighted by Gasteiger charge is 2.06. The van der Waals surface area contributed by atoms with Gasteiger partial charge in [-0.1, -0.05) is 19.9 Å². The van der Waals surface area contributed by atoms with E-state index in [9.17, 15) is 9.18 Å². The van der Waals surface area contributed by atoms with Crippen molar-refractivity contribution in [3.05, 3.63) is 29.6 Å². The van der Waals surface area contributed by atoms with Crippen LogP contribution >= 0.6 is 0 Å². The highest BCUT2D eigenvalue weighted by Crippen LogP contribution is 2.14. The van der Waals surface area contributed by atoms with Gasteiger partial charge in [0.25, 0.3) is 0 Å². The Morgan fingerprint density at radius 3 is 2.67 bits per heavy atom. The molecule has 0 aliphatic carbocycles. The summed E-state index contributed by atoms with van der Waals surface area (Å²) in [6.45, 7) is 5.62. The normalized spacial score (nSPS) is 10.5. The van der Waals surface area contributed by atoms with E-state index in [1.165, 1.54) is 6.07 Å². The van der Waals surface area contributed by atoms with Crippen LogP contribution in [0.1, 0.15) is 25.8 Å². The van der Waals surface area contributed by atoms with Gasteiger partial charge in [0, 0.05) is 12.1 Å². The van der Waals surface area contributed by atoms with E-state index in [-0.39, 0.29) is 11.7 Å². The van der Waals surface area contributed by atoms with Crippen LogP contribution in [0.25, 0.3) is 0 Å². The summed E-state index contributed by atoms with van der Waals surface area (Å²) >= 11 is 0. The van der Waals surface area contributed by atoms with E-state index >= 15 is 0 Å². The Balaban J connectivity index is 2.65. The first-order valence-electron chi connectivity index (χ1n) is 5.05. The minimum absolute atomic E-state index is 0.0757. The molecular formula is C12H16FNO. The number of amides is 1. The van der Waals surface area contributed by atoms with Crippen LogP contribution in [0.15, 0.2) is 18.2 Å². The van der Waals surface area contributed by atoms with E-state index in [0.717, 1.165) is 0 Å². The molecule has 0 aromatic heterocycles. The van der Waals surface area contributed by atoms with Gasteiger partial charge in [-0.2, -0.15) is 0 Å². The molecule has 0 aliphatic rings. The van der Waals surface area contributed by atoms with E-state index in [2.05, 4.69) is 5.32 Å². The molecule has 1 amide bonds. The Morgan fingerprint density at radius 1 is 1.47 bits per heavy atom. The van der Waals surface area contributed by atoms with Crippen molar-refractivity contribution in [1.82, 2.24) is 0 Å². The smallest absolute Gasteiger partial charge is 0.224 e. The summed E-state index contributed by atoms with van der Waals surface area (Å²) in [5.41, 5.74) is 1.10. The maximum absolute atomic E-state index is 13.1. The number of carbonyl (C=O) groups excluding carboxylic acids is 1. The van der Waals surface area contributed by atoms with Gasteiger partial charge in [0.15, 0.2) is 0 Å². The molecule has 0 heterocycles. The predicted molar refractivity (Wildman–Crippen MR) is 59.2 cm³/mol. The van der Waals surface area contributed by atoms with Gasteiger partial charge in [-0.05, 0) is 30.5 Å². The van der Waals surface area contributed by atoms with E-state index in [1.54, 1.807) is 19.1 Å². The van der Waals surface area contributed by atoms with E-state index in [1.807, 2.05) is 13.8 Å². The van der Waals surface area contributed by atoms with Crippen molar-refractivity contribution in [2.75, 3.05) is 5.32 Å². The summed E-state index contributed by atoms with van der Waals surface area (Å²) in [5.74, 6) is -0.0640. The molecule has 2 nitrogen and oxygen atoms in total. The van der Waals surface area contributed by atoms with Gasteiger partial charge in [0.2, 0.25) is 5.91 Å². The zero-order valence-electron chi connectivity index (χ0n) is 9.30. The zero-order valence-corrected chi connectivity index (χ0v) is 9.30. The van der Waals surface area contributed by atoms with E-state index in [4.69, 9.17) is 0 Å². The molecule has 1 aromatic carbocycles. The molecule has 0 aliphatic heterocycles. The van der Waals surface area contributed by atoms with E-state index < -0.39 is 0 Å². The summed E-state index contributed by atoms with van der Waals surface area (Å²) in [6, 6.07) is 4.70. The minimum atomic E-state index is -0.294. The van der Waals surface area contributed by atoms with Gasteiger partial charge in [0.05, 0.1) is 0 Å². The fraction of sp³-hybridized carbons (Fsp3) is 0.417. The molecule has 1 rings (SSSR count). The lowest BCUT2D eigenvalue weighted by atomic mass is 10.1. The number of halogens is 1. The van der Waals surface area contributed by atoms with Gasteiger partial charge in [0.1, 0.15) is 5.82 Å². The lowest BCUT2D eigenvalue weighted by molar-refractivity contribution is -0.116. The van der Waals surface area contributed by atoms with Crippen molar-refractivity contribution in [2.24, 2.45) is 5.92 Å². The Kier molecular flexibility index (Phi) is 3.83. The average molecular weight is 209 g/mol. The molecule has 0 unspecified atom stereocenters. The van der Waals surface area contributed by atoms with Crippen molar-refractivity contribution in [1.29, 1.82) is 0 Å². The van der Waals surface area contributed by atoms with Gasteiger partial charge >= 0.3 is 0 Å². The summed E-state index contributed by atoms with van der Waals surface area (Å²) < 4.78 is 13.1. The third kappa shape index (κ3) is 3.70. The van der Waals surface area contributed by atoms with Crippen LogP contribution in [-0.2, 0) is 4.79 Å². The largest absolute Gasteiger partial charge is 0.326 e. The standard InChI is InChI=1S/C12H16FNO/c1-8(2)6-12(15)14-10-5-4-9(3)11(13)7-10/h4-5,7-8H,6H2,1-3H3,(H,14,15). The Labute approximate surface area is 89.5 Å². The average Bonchev–Trinajstić information content (AvgIpc) is 2.10. The molecule has 0 spiro atoms. The van der Waals surface area contributed by atoms with Crippen LogP contribution in [0.3, 0.4) is 0 Å². The Hall–Kier alpha value is -1.38. The van der Waals surface area contributed by atoms with E-state index in [0.29, 0.717) is 23.6 Å². The third-order valence-electron chi connectivity index (χ3n) is 2.05. The molecule has 1 N–H and O–H groups in total. The van der Waals surface area contributed by atoms with Crippen LogP contribution < -0.4 is 5.32 Å². The Bertz CT molecular complexity index is 361. The van der Waals surface area contributed by atoms with Crippen LogP contribution in [0.4, 0.5) is 10.1 Å². The lowest BCUT2D eigenvalue weighted by Crippen LogP contribution is -2.13. The van der Waals surface area contributed by atoms with Gasteiger partial charge in [-0.15, -0.1) is 0 Å². The second-order valence-corrected chi connectivity index (χ2v) is 4.11. The maximum atomic E-state index is 13.1.